The van der Waals surface area contributed by atoms with Gasteiger partial charge in [0, 0.05) is 4.91 Å². The number of alkyl halides is 1. The van der Waals surface area contributed by atoms with Crippen molar-refractivity contribution >= 4 is 6.29 Å². The highest BCUT2D eigenvalue weighted by Gasteiger charge is 2.44. The monoisotopic (exact) mass is 239 g/mol. The van der Waals surface area contributed by atoms with Crippen LogP contribution in [0.5, 0.6) is 0 Å². The summed E-state index contributed by atoms with van der Waals surface area (Å²) in [6.45, 7) is 0. The number of nitrogens with zero attached hydrogens (tertiary/aromatic N) is 3. The van der Waals surface area contributed by atoms with Gasteiger partial charge in [0.25, 0.3) is 0 Å². The number of aldehydes is 1. The molecule has 0 radical (unpaired) electrons. The van der Waals surface area contributed by atoms with Crippen LogP contribution in [0.25, 0.3) is 10.4 Å². The van der Waals surface area contributed by atoms with Crippen molar-refractivity contribution < 1.29 is 34.7 Å². The molecule has 1 unspecified atom stereocenters. The molecule has 0 rings (SSSR count). The molecule has 5 N–H and O–H groups in total. The summed E-state index contributed by atoms with van der Waals surface area (Å²) in [5, 5.41) is 46.9. The first kappa shape index (κ1) is 14.7. The van der Waals surface area contributed by atoms with Gasteiger partial charge in [0.1, 0.15) is 18.3 Å². The molecule has 0 saturated heterocycles. The van der Waals surface area contributed by atoms with E-state index in [4.69, 9.17) is 26.0 Å². The molecule has 16 heavy (non-hydrogen) atoms. The van der Waals surface area contributed by atoms with Gasteiger partial charge < -0.3 is 25.5 Å². The minimum atomic E-state index is -3.07. The molecule has 0 heterocycles. The number of hydrogen-bond acceptors (Lipinski definition) is 7. The van der Waals surface area contributed by atoms with Crippen LogP contribution in [0, 0.1) is 0 Å². The highest BCUT2D eigenvalue weighted by Crippen LogP contribution is 2.17. The van der Waals surface area contributed by atoms with Crippen molar-refractivity contribution in [2.45, 2.75) is 30.4 Å². The van der Waals surface area contributed by atoms with Crippen molar-refractivity contribution in [2.24, 2.45) is 5.11 Å². The molecule has 0 fully saturated rings. The zero-order valence-corrected chi connectivity index (χ0v) is 7.75. The van der Waals surface area contributed by atoms with Crippen LogP contribution >= 0.6 is 0 Å². The molecule has 0 saturated carbocycles. The zero-order chi connectivity index (χ0) is 12.9. The average Bonchev–Trinajstić information content (AvgIpc) is 2.25. The summed E-state index contributed by atoms with van der Waals surface area (Å²) in [5.74, 6) is 0. The van der Waals surface area contributed by atoms with Crippen LogP contribution in [0.4, 0.5) is 4.39 Å². The summed E-state index contributed by atoms with van der Waals surface area (Å²) < 4.78 is 12.1. The number of carbonyl (C=O) groups excluding carboxylic acids is 1. The Labute approximate surface area is 88.0 Å². The van der Waals surface area contributed by atoms with Gasteiger partial charge in [0.2, 0.25) is 12.1 Å². The number of carbonyl (C=O) groups is 1. The third kappa shape index (κ3) is 3.10. The predicted molar refractivity (Wildman–Crippen MR) is 45.3 cm³/mol. The van der Waals surface area contributed by atoms with Crippen molar-refractivity contribution in [3.63, 3.8) is 0 Å². The van der Waals surface area contributed by atoms with Crippen LogP contribution in [0.1, 0.15) is 0 Å². The van der Waals surface area contributed by atoms with E-state index >= 15 is 0 Å². The van der Waals surface area contributed by atoms with Crippen LogP contribution < -0.4 is 0 Å². The first-order valence-corrected chi connectivity index (χ1v) is 3.91. The smallest absolute Gasteiger partial charge is 0.227 e. The third-order valence-electron chi connectivity index (χ3n) is 1.77. The molecule has 0 aromatic carbocycles. The zero-order valence-electron chi connectivity index (χ0n) is 7.75. The van der Waals surface area contributed by atoms with E-state index in [1.807, 2.05) is 4.91 Å². The Morgan fingerprint density at radius 2 is 1.81 bits per heavy atom. The van der Waals surface area contributed by atoms with Crippen molar-refractivity contribution in [2.75, 3.05) is 0 Å². The maximum atomic E-state index is 12.1. The van der Waals surface area contributed by atoms with Gasteiger partial charge in [-0.05, 0) is 10.6 Å². The molecule has 0 aromatic rings. The van der Waals surface area contributed by atoms with Crippen LogP contribution in [0.2, 0.25) is 0 Å². The second kappa shape index (κ2) is 5.70. The van der Waals surface area contributed by atoms with Crippen LogP contribution in [-0.4, -0.2) is 62.2 Å². The number of aliphatic hydroxyl groups excluding tert-OH is 4. The molecule has 0 aromatic heterocycles. The molecule has 0 aliphatic rings. The van der Waals surface area contributed by atoms with E-state index in [1.165, 1.54) is 0 Å². The largest absolute Gasteiger partial charge is 0.387 e. The maximum Gasteiger partial charge on any atom is 0.227 e. The van der Waals surface area contributed by atoms with Gasteiger partial charge in [0.05, 0.1) is 0 Å². The van der Waals surface area contributed by atoms with Gasteiger partial charge in [-0.2, -0.15) is 0 Å². The van der Waals surface area contributed by atoms with Gasteiger partial charge in [-0.15, -0.1) is 0 Å². The fourth-order valence-corrected chi connectivity index (χ4v) is 0.825. The lowest BCUT2D eigenvalue weighted by Crippen LogP contribution is -2.54. The first-order chi connectivity index (χ1) is 7.30. The highest BCUT2D eigenvalue weighted by molar-refractivity contribution is 5.62. The molecule has 0 amide bonds. The molecular weight excluding hydrogens is 229 g/mol. The van der Waals surface area contributed by atoms with E-state index < -0.39 is 36.7 Å². The molecule has 0 aliphatic carbocycles. The second-order valence-electron chi connectivity index (χ2n) is 2.89. The summed E-state index contributed by atoms with van der Waals surface area (Å²) >= 11 is 0. The lowest BCUT2D eigenvalue weighted by atomic mass is 9.99. The average molecular weight is 239 g/mol. The quantitative estimate of drug-likeness (QED) is 0.149. The first-order valence-electron chi connectivity index (χ1n) is 3.91. The lowest BCUT2D eigenvalue weighted by Gasteiger charge is -2.29. The molecule has 9 nitrogen and oxygen atoms in total. The Morgan fingerprint density at radius 1 is 1.31 bits per heavy atom. The molecule has 10 heteroatoms. The SMILES string of the molecule is [N-]=[N+]=N[C@](O)(C=O)[C@@H](O)[C@H](O)[C@H](O)C(O)F. The molecule has 92 valence electrons. The molecule has 5 atom stereocenters. The minimum Gasteiger partial charge on any atom is -0.387 e. The van der Waals surface area contributed by atoms with Crippen molar-refractivity contribution in [1.29, 1.82) is 0 Å². The van der Waals surface area contributed by atoms with E-state index in [-0.39, 0.29) is 0 Å². The topological polar surface area (TPSA) is 167 Å². The number of rotatable bonds is 6. The van der Waals surface area contributed by atoms with Gasteiger partial charge in [-0.1, -0.05) is 0 Å². The summed E-state index contributed by atoms with van der Waals surface area (Å²) in [5.41, 5.74) is 4.91. The Morgan fingerprint density at radius 3 is 2.12 bits per heavy atom. The maximum absolute atomic E-state index is 12.1. The van der Waals surface area contributed by atoms with Crippen molar-refractivity contribution in [3.8, 4) is 0 Å². The second-order valence-corrected chi connectivity index (χ2v) is 2.89. The molecular formula is C6H10FN3O6. The minimum absolute atomic E-state index is 0.405. The standard InChI is InChI=1S/C6H10FN3O6/c7-5(15)3(13)2(12)4(14)6(16,1-11)9-10-8/h1-5,12-16H/t2-,3+,4+,5?,6+/m1/s1. The van der Waals surface area contributed by atoms with Gasteiger partial charge in [-0.25, -0.2) is 4.39 Å². The van der Waals surface area contributed by atoms with Gasteiger partial charge in [0.15, 0.2) is 6.29 Å². The van der Waals surface area contributed by atoms with E-state index in [0.29, 0.717) is 0 Å². The number of halogens is 1. The fraction of sp³-hybridized carbons (Fsp3) is 0.833. The fourth-order valence-electron chi connectivity index (χ4n) is 0.825. The van der Waals surface area contributed by atoms with Crippen LogP contribution in [-0.2, 0) is 4.79 Å². The summed E-state index contributed by atoms with van der Waals surface area (Å²) in [6, 6.07) is 0. The van der Waals surface area contributed by atoms with Gasteiger partial charge >= 0.3 is 0 Å². The van der Waals surface area contributed by atoms with Crippen molar-refractivity contribution in [3.05, 3.63) is 10.4 Å². The Bertz CT molecular complexity index is 296. The van der Waals surface area contributed by atoms with Crippen LogP contribution in [0.3, 0.4) is 0 Å². The molecule has 0 aliphatic heterocycles. The number of hydrogen-bond donors (Lipinski definition) is 5. The van der Waals surface area contributed by atoms with E-state index in [0.717, 1.165) is 0 Å². The summed E-state index contributed by atoms with van der Waals surface area (Å²) in [4.78, 5) is 12.4. The van der Waals surface area contributed by atoms with Crippen LogP contribution in [0.15, 0.2) is 5.11 Å². The normalized spacial score (nSPS) is 22.1. The lowest BCUT2D eigenvalue weighted by molar-refractivity contribution is -0.184. The van der Waals surface area contributed by atoms with E-state index in [2.05, 4.69) is 5.11 Å². The highest BCUT2D eigenvalue weighted by atomic mass is 19.1. The summed E-state index contributed by atoms with van der Waals surface area (Å²) in [6.07, 6.45) is -10.7. The number of aliphatic hydroxyl groups is 5. The Balaban J connectivity index is 4.95. The Kier molecular flexibility index (Phi) is 5.24. The third-order valence-corrected chi connectivity index (χ3v) is 1.77. The van der Waals surface area contributed by atoms with E-state index in [9.17, 15) is 14.3 Å². The predicted octanol–water partition coefficient (Wildman–Crippen LogP) is -2.45. The molecule has 0 spiro atoms. The Hall–Kier alpha value is -1.29. The summed E-state index contributed by atoms with van der Waals surface area (Å²) in [7, 11) is 0. The van der Waals surface area contributed by atoms with E-state index in [1.54, 1.807) is 0 Å². The number of azide groups is 1. The molecule has 0 bridgehead atoms. The van der Waals surface area contributed by atoms with Gasteiger partial charge in [-0.3, -0.25) is 4.79 Å². The van der Waals surface area contributed by atoms with Crippen molar-refractivity contribution in [1.82, 2.24) is 0 Å².